The molecule has 1 amide bonds. The summed E-state index contributed by atoms with van der Waals surface area (Å²) < 4.78 is 5.49. The van der Waals surface area contributed by atoms with Gasteiger partial charge in [0.25, 0.3) is 0 Å². The molecule has 1 unspecified atom stereocenters. The van der Waals surface area contributed by atoms with Crippen LogP contribution in [0.3, 0.4) is 0 Å². The van der Waals surface area contributed by atoms with E-state index in [1.54, 1.807) is 19.3 Å². The van der Waals surface area contributed by atoms with Gasteiger partial charge in [-0.2, -0.15) is 9.97 Å². The third kappa shape index (κ3) is 4.41. The van der Waals surface area contributed by atoms with Gasteiger partial charge in [-0.1, -0.05) is 41.9 Å². The number of likely N-dealkylation sites (N-methyl/N-ethyl adjacent to an activating group) is 1. The van der Waals surface area contributed by atoms with Crippen molar-refractivity contribution in [2.45, 2.75) is 32.4 Å². The minimum Gasteiger partial charge on any atom is -0.467 e. The number of benzene rings is 2. The second-order valence-corrected chi connectivity index (χ2v) is 9.49. The van der Waals surface area contributed by atoms with Gasteiger partial charge < -0.3 is 19.4 Å². The normalized spacial score (nSPS) is 17.8. The van der Waals surface area contributed by atoms with Crippen molar-refractivity contribution >= 4 is 39.8 Å². The predicted octanol–water partition coefficient (Wildman–Crippen LogP) is 4.47. The number of likely N-dealkylation sites (tertiary alicyclic amines) is 1. The van der Waals surface area contributed by atoms with Crippen LogP contribution >= 0.6 is 11.6 Å². The second kappa shape index (κ2) is 9.74. The highest BCUT2D eigenvalue weighted by molar-refractivity contribution is 6.36. The lowest BCUT2D eigenvalue weighted by atomic mass is 10.0. The fourth-order valence-electron chi connectivity index (χ4n) is 5.20. The molecule has 2 aliphatic rings. The van der Waals surface area contributed by atoms with Gasteiger partial charge in [-0.15, -0.1) is 0 Å². The standard InChI is InChI=1S/C27H30ClN5O2/c1-4-7-24(34)33-14-12-19(16-33)31(2)26-20-13-15-32(17-22(20)29-27(30-26)35-3)23-11-6-9-18-8-5-10-21(28)25(18)23/h4-11,19H,12-17H2,1-3H3/b7-4+. The van der Waals surface area contributed by atoms with E-state index in [9.17, 15) is 4.79 Å². The van der Waals surface area contributed by atoms with Crippen LogP contribution in [0.25, 0.3) is 10.8 Å². The molecule has 3 aromatic rings. The topological polar surface area (TPSA) is 61.8 Å². The first-order valence-corrected chi connectivity index (χ1v) is 12.4. The highest BCUT2D eigenvalue weighted by Crippen LogP contribution is 2.37. The van der Waals surface area contributed by atoms with Gasteiger partial charge in [-0.05, 0) is 43.4 Å². The third-order valence-corrected chi connectivity index (χ3v) is 7.36. The highest BCUT2D eigenvalue weighted by atomic mass is 35.5. The fourth-order valence-corrected chi connectivity index (χ4v) is 5.47. The van der Waals surface area contributed by atoms with Crippen LogP contribution in [0.2, 0.25) is 5.02 Å². The van der Waals surface area contributed by atoms with E-state index in [1.807, 2.05) is 24.0 Å². The molecular weight excluding hydrogens is 462 g/mol. The zero-order valence-corrected chi connectivity index (χ0v) is 21.1. The summed E-state index contributed by atoms with van der Waals surface area (Å²) in [6.45, 7) is 4.78. The number of allylic oxidation sites excluding steroid dienone is 1. The van der Waals surface area contributed by atoms with Crippen molar-refractivity contribution in [3.8, 4) is 6.01 Å². The Morgan fingerprint density at radius 3 is 2.77 bits per heavy atom. The van der Waals surface area contributed by atoms with Crippen LogP contribution in [0.5, 0.6) is 6.01 Å². The first-order valence-electron chi connectivity index (χ1n) is 12.0. The zero-order valence-electron chi connectivity index (χ0n) is 20.4. The maximum atomic E-state index is 12.3. The van der Waals surface area contributed by atoms with Gasteiger partial charge in [-0.25, -0.2) is 0 Å². The first kappa shape index (κ1) is 23.4. The lowest BCUT2D eigenvalue weighted by molar-refractivity contribution is -0.125. The number of halogens is 1. The average Bonchev–Trinajstić information content (AvgIpc) is 3.38. The second-order valence-electron chi connectivity index (χ2n) is 9.08. The summed E-state index contributed by atoms with van der Waals surface area (Å²) in [5.74, 6) is 0.961. The van der Waals surface area contributed by atoms with Gasteiger partial charge in [0.05, 0.1) is 24.4 Å². The molecule has 3 heterocycles. The molecule has 1 atom stereocenters. The lowest BCUT2D eigenvalue weighted by Crippen LogP contribution is -2.39. The Hall–Kier alpha value is -3.32. The van der Waals surface area contributed by atoms with Crippen LogP contribution in [-0.4, -0.2) is 60.6 Å². The van der Waals surface area contributed by atoms with Crippen LogP contribution in [0.4, 0.5) is 11.5 Å². The number of methoxy groups -OCH3 is 1. The summed E-state index contributed by atoms with van der Waals surface area (Å²) in [7, 11) is 3.66. The number of anilines is 2. The van der Waals surface area contributed by atoms with Crippen LogP contribution in [0.15, 0.2) is 48.6 Å². The van der Waals surface area contributed by atoms with Gasteiger partial charge in [0, 0.05) is 49.4 Å². The SMILES string of the molecule is C/C=C/C(=O)N1CCC(N(C)c2nc(OC)nc3c2CCN(c2cccc4cccc(Cl)c24)C3)C1. The first-order chi connectivity index (χ1) is 17.0. The number of rotatable bonds is 5. The monoisotopic (exact) mass is 491 g/mol. The van der Waals surface area contributed by atoms with Gasteiger partial charge in [0.2, 0.25) is 5.91 Å². The summed E-state index contributed by atoms with van der Waals surface area (Å²) in [4.78, 5) is 28.3. The molecule has 1 fully saturated rings. The average molecular weight is 492 g/mol. The highest BCUT2D eigenvalue weighted by Gasteiger charge is 2.32. The molecular formula is C27H30ClN5O2. The van der Waals surface area contributed by atoms with Crippen LogP contribution in [-0.2, 0) is 17.8 Å². The van der Waals surface area contributed by atoms with Crippen molar-refractivity contribution in [2.24, 2.45) is 0 Å². The number of hydrogen-bond donors (Lipinski definition) is 0. The molecule has 0 aliphatic carbocycles. The van der Waals surface area contributed by atoms with Gasteiger partial charge in [0.1, 0.15) is 5.82 Å². The fraction of sp³-hybridized carbons (Fsp3) is 0.370. The van der Waals surface area contributed by atoms with E-state index < -0.39 is 0 Å². The Balaban J connectivity index is 1.45. The Morgan fingerprint density at radius 2 is 2.00 bits per heavy atom. The molecule has 0 saturated carbocycles. The Labute approximate surface area is 211 Å². The minimum absolute atomic E-state index is 0.0649. The molecule has 0 radical (unpaired) electrons. The van der Waals surface area contributed by atoms with Crippen molar-refractivity contribution < 1.29 is 9.53 Å². The lowest BCUT2D eigenvalue weighted by Gasteiger charge is -2.34. The van der Waals surface area contributed by atoms with E-state index in [4.69, 9.17) is 26.3 Å². The smallest absolute Gasteiger partial charge is 0.318 e. The molecule has 1 saturated heterocycles. The molecule has 7 nitrogen and oxygen atoms in total. The maximum absolute atomic E-state index is 12.3. The van der Waals surface area contributed by atoms with E-state index in [0.29, 0.717) is 19.1 Å². The van der Waals surface area contributed by atoms with E-state index >= 15 is 0 Å². The maximum Gasteiger partial charge on any atom is 0.318 e. The number of amides is 1. The molecule has 0 N–H and O–H groups in total. The Bertz CT molecular complexity index is 1290. The van der Waals surface area contributed by atoms with Crippen LogP contribution in [0.1, 0.15) is 24.6 Å². The molecule has 182 valence electrons. The molecule has 1 aromatic heterocycles. The van der Waals surface area contributed by atoms with Gasteiger partial charge in [-0.3, -0.25) is 4.79 Å². The van der Waals surface area contributed by atoms with E-state index in [-0.39, 0.29) is 11.9 Å². The van der Waals surface area contributed by atoms with Crippen molar-refractivity contribution in [3.05, 3.63) is 64.8 Å². The molecule has 0 bridgehead atoms. The van der Waals surface area contributed by atoms with Crippen LogP contribution in [0, 0.1) is 0 Å². The van der Waals surface area contributed by atoms with Crippen molar-refractivity contribution in [1.82, 2.24) is 14.9 Å². The Morgan fingerprint density at radius 1 is 1.20 bits per heavy atom. The molecule has 2 aliphatic heterocycles. The van der Waals surface area contributed by atoms with Crippen molar-refractivity contribution in [1.29, 1.82) is 0 Å². The number of carbonyl (C=O) groups excluding carboxylic acids is 1. The Kier molecular flexibility index (Phi) is 6.52. The number of ether oxygens (including phenoxy) is 1. The van der Waals surface area contributed by atoms with E-state index in [0.717, 1.165) is 64.5 Å². The predicted molar refractivity (Wildman–Crippen MR) is 140 cm³/mol. The van der Waals surface area contributed by atoms with Gasteiger partial charge in [0.15, 0.2) is 0 Å². The summed E-state index contributed by atoms with van der Waals surface area (Å²) in [5.41, 5.74) is 3.23. The molecule has 2 aromatic carbocycles. The number of carbonyl (C=O) groups is 1. The van der Waals surface area contributed by atoms with E-state index in [2.05, 4.69) is 41.1 Å². The molecule has 0 spiro atoms. The summed E-state index contributed by atoms with van der Waals surface area (Å²) in [6.07, 6.45) is 5.14. The summed E-state index contributed by atoms with van der Waals surface area (Å²) in [5, 5.41) is 2.94. The summed E-state index contributed by atoms with van der Waals surface area (Å²) >= 11 is 6.61. The number of nitrogens with zero attached hydrogens (tertiary/aromatic N) is 5. The minimum atomic E-state index is 0.0649. The van der Waals surface area contributed by atoms with Gasteiger partial charge >= 0.3 is 6.01 Å². The zero-order chi connectivity index (χ0) is 24.5. The van der Waals surface area contributed by atoms with E-state index in [1.165, 1.54) is 0 Å². The molecule has 8 heteroatoms. The van der Waals surface area contributed by atoms with Crippen molar-refractivity contribution in [2.75, 3.05) is 43.6 Å². The largest absolute Gasteiger partial charge is 0.467 e. The summed E-state index contributed by atoms with van der Waals surface area (Å²) in [6, 6.07) is 12.9. The number of fused-ring (bicyclic) bond motifs is 2. The third-order valence-electron chi connectivity index (χ3n) is 7.04. The molecule has 5 rings (SSSR count). The van der Waals surface area contributed by atoms with Crippen LogP contribution < -0.4 is 14.5 Å². The quantitative estimate of drug-likeness (QED) is 0.491. The molecule has 35 heavy (non-hydrogen) atoms. The number of hydrogen-bond acceptors (Lipinski definition) is 6. The van der Waals surface area contributed by atoms with Crippen molar-refractivity contribution in [3.63, 3.8) is 0 Å². The number of aromatic nitrogens is 2.